The maximum Gasteiger partial charge on any atom is 0.187 e. The van der Waals surface area contributed by atoms with Gasteiger partial charge < -0.3 is 10.1 Å². The zero-order chi connectivity index (χ0) is 15.9. The molecule has 2 N–H and O–H groups in total. The van der Waals surface area contributed by atoms with E-state index < -0.39 is 0 Å². The lowest BCUT2D eigenvalue weighted by atomic mass is 9.90. The summed E-state index contributed by atoms with van der Waals surface area (Å²) in [5, 5.41) is 8.33. The number of hydrogen-bond acceptors (Lipinski definition) is 4. The first-order valence-corrected chi connectivity index (χ1v) is 8.72. The van der Waals surface area contributed by atoms with Crippen LogP contribution in [0.25, 0.3) is 0 Å². The maximum absolute atomic E-state index is 5.34. The minimum atomic E-state index is 0.591. The fourth-order valence-electron chi connectivity index (χ4n) is 3.03. The Balaban J connectivity index is 1.45. The zero-order valence-electron chi connectivity index (χ0n) is 13.4. The van der Waals surface area contributed by atoms with Crippen molar-refractivity contribution in [3.05, 3.63) is 35.4 Å². The molecule has 6 heteroatoms. The molecule has 124 valence electrons. The van der Waals surface area contributed by atoms with Gasteiger partial charge in [0.25, 0.3) is 0 Å². The molecule has 23 heavy (non-hydrogen) atoms. The Labute approximate surface area is 143 Å². The quantitative estimate of drug-likeness (QED) is 0.647. The highest BCUT2D eigenvalue weighted by molar-refractivity contribution is 7.80. The van der Waals surface area contributed by atoms with E-state index in [1.807, 2.05) is 0 Å². The molecule has 1 heterocycles. The molecule has 0 spiro atoms. The van der Waals surface area contributed by atoms with E-state index >= 15 is 0 Å². The molecule has 1 aliphatic heterocycles. The lowest BCUT2D eigenvalue weighted by molar-refractivity contribution is 0.0389. The summed E-state index contributed by atoms with van der Waals surface area (Å²) in [5.74, 6) is 0. The predicted molar refractivity (Wildman–Crippen MR) is 96.9 cm³/mol. The molecule has 1 aromatic rings. The van der Waals surface area contributed by atoms with Crippen LogP contribution in [0.3, 0.4) is 0 Å². The number of thiocarbonyl (C=S) groups is 1. The number of hydrazone groups is 1. The molecule has 0 amide bonds. The number of hydrogen-bond donors (Lipinski definition) is 2. The summed E-state index contributed by atoms with van der Waals surface area (Å²) in [5.41, 5.74) is 6.73. The molecule has 5 nitrogen and oxygen atoms in total. The van der Waals surface area contributed by atoms with E-state index in [9.17, 15) is 0 Å². The summed E-state index contributed by atoms with van der Waals surface area (Å²) in [7, 11) is 0. The lowest BCUT2D eigenvalue weighted by Crippen LogP contribution is -2.43. The van der Waals surface area contributed by atoms with Crippen LogP contribution in [-0.2, 0) is 11.2 Å². The summed E-state index contributed by atoms with van der Waals surface area (Å²) < 4.78 is 5.34. The Hall–Kier alpha value is -1.50. The second-order valence-corrected chi connectivity index (χ2v) is 6.30. The first kappa shape index (κ1) is 16.4. The Kier molecular flexibility index (Phi) is 5.96. The van der Waals surface area contributed by atoms with Gasteiger partial charge >= 0.3 is 0 Å². The number of benzene rings is 1. The number of rotatable bonds is 4. The third kappa shape index (κ3) is 4.73. The van der Waals surface area contributed by atoms with Crippen molar-refractivity contribution in [3.63, 3.8) is 0 Å². The van der Waals surface area contributed by atoms with Gasteiger partial charge in [0.05, 0.1) is 18.9 Å². The highest BCUT2D eigenvalue weighted by Crippen LogP contribution is 2.20. The first-order chi connectivity index (χ1) is 11.3. The van der Waals surface area contributed by atoms with Gasteiger partial charge in [0.2, 0.25) is 0 Å². The molecular weight excluding hydrogens is 308 g/mol. The van der Waals surface area contributed by atoms with E-state index in [1.54, 1.807) is 0 Å². The second-order valence-electron chi connectivity index (χ2n) is 5.89. The molecule has 1 saturated heterocycles. The molecule has 0 saturated carbocycles. The van der Waals surface area contributed by atoms with Crippen molar-refractivity contribution < 1.29 is 4.74 Å². The van der Waals surface area contributed by atoms with Gasteiger partial charge in [-0.25, -0.2) is 0 Å². The van der Waals surface area contributed by atoms with Crippen molar-refractivity contribution in [1.29, 1.82) is 0 Å². The highest BCUT2D eigenvalue weighted by Gasteiger charge is 2.14. The van der Waals surface area contributed by atoms with Gasteiger partial charge in [-0.2, -0.15) is 5.10 Å². The number of morpholine rings is 1. The van der Waals surface area contributed by atoms with E-state index in [2.05, 4.69) is 45.0 Å². The smallest absolute Gasteiger partial charge is 0.187 e. The van der Waals surface area contributed by atoms with Crippen LogP contribution in [0.4, 0.5) is 0 Å². The Bertz CT molecular complexity index is 569. The van der Waals surface area contributed by atoms with Gasteiger partial charge in [0.1, 0.15) is 0 Å². The molecule has 0 unspecified atom stereocenters. The lowest BCUT2D eigenvalue weighted by Gasteiger charge is -2.26. The molecule has 0 bridgehead atoms. The summed E-state index contributed by atoms with van der Waals surface area (Å²) >= 11 is 5.32. The molecule has 2 aliphatic rings. The average molecular weight is 332 g/mol. The molecule has 0 radical (unpaired) electrons. The van der Waals surface area contributed by atoms with Crippen LogP contribution in [0.1, 0.15) is 24.0 Å². The fraction of sp³-hybridized carbons (Fsp3) is 0.529. The van der Waals surface area contributed by atoms with Crippen LogP contribution >= 0.6 is 12.2 Å². The van der Waals surface area contributed by atoms with Crippen molar-refractivity contribution in [2.24, 2.45) is 5.10 Å². The number of ether oxygens (including phenoxy) is 1. The van der Waals surface area contributed by atoms with Crippen LogP contribution in [0.2, 0.25) is 0 Å². The third-order valence-corrected chi connectivity index (χ3v) is 4.53. The van der Waals surface area contributed by atoms with Gasteiger partial charge in [0.15, 0.2) is 5.11 Å². The van der Waals surface area contributed by atoms with E-state index in [-0.39, 0.29) is 0 Å². The fourth-order valence-corrected chi connectivity index (χ4v) is 3.17. The molecular formula is C17H24N4OS. The van der Waals surface area contributed by atoms with Gasteiger partial charge in [-0.3, -0.25) is 10.3 Å². The predicted octanol–water partition coefficient (Wildman–Crippen LogP) is 1.52. The van der Waals surface area contributed by atoms with Crippen molar-refractivity contribution in [2.45, 2.75) is 19.3 Å². The topological polar surface area (TPSA) is 48.9 Å². The van der Waals surface area contributed by atoms with Crippen molar-refractivity contribution in [3.8, 4) is 0 Å². The molecule has 1 fully saturated rings. The van der Waals surface area contributed by atoms with Crippen LogP contribution in [0, 0.1) is 0 Å². The molecule has 1 aliphatic carbocycles. The van der Waals surface area contributed by atoms with Crippen LogP contribution < -0.4 is 10.7 Å². The molecule has 0 aromatic heterocycles. The molecule has 0 atom stereocenters. The minimum absolute atomic E-state index is 0.591. The van der Waals surface area contributed by atoms with Gasteiger partial charge in [-0.15, -0.1) is 0 Å². The summed E-state index contributed by atoms with van der Waals surface area (Å²) in [4.78, 5) is 2.38. The van der Waals surface area contributed by atoms with Crippen molar-refractivity contribution in [1.82, 2.24) is 15.6 Å². The summed E-state index contributed by atoms with van der Waals surface area (Å²) in [6.07, 6.45) is 3.28. The van der Waals surface area contributed by atoms with E-state index in [0.717, 1.165) is 64.4 Å². The largest absolute Gasteiger partial charge is 0.379 e. The SMILES string of the molecule is S=C(NCCN1CCOCC1)NN=C1CCCc2ccccc21. The van der Waals surface area contributed by atoms with E-state index in [0.29, 0.717) is 5.11 Å². The summed E-state index contributed by atoms with van der Waals surface area (Å²) in [6, 6.07) is 8.48. The van der Waals surface area contributed by atoms with Crippen molar-refractivity contribution in [2.75, 3.05) is 39.4 Å². The van der Waals surface area contributed by atoms with Gasteiger partial charge in [0, 0.05) is 31.7 Å². The third-order valence-electron chi connectivity index (χ3n) is 4.30. The summed E-state index contributed by atoms with van der Waals surface area (Å²) in [6.45, 7) is 5.46. The van der Waals surface area contributed by atoms with Crippen LogP contribution in [0.5, 0.6) is 0 Å². The second kappa shape index (κ2) is 8.38. The Morgan fingerprint density at radius 1 is 1.22 bits per heavy atom. The van der Waals surface area contributed by atoms with Gasteiger partial charge in [-0.05, 0) is 37.0 Å². The van der Waals surface area contributed by atoms with Crippen molar-refractivity contribution >= 4 is 23.0 Å². The zero-order valence-corrected chi connectivity index (χ0v) is 14.2. The van der Waals surface area contributed by atoms with Crippen LogP contribution in [-0.4, -0.2) is 55.1 Å². The highest BCUT2D eigenvalue weighted by atomic mass is 32.1. The minimum Gasteiger partial charge on any atom is -0.379 e. The number of fused-ring (bicyclic) bond motifs is 1. The van der Waals surface area contributed by atoms with Gasteiger partial charge in [-0.1, -0.05) is 24.3 Å². The average Bonchev–Trinajstić information content (AvgIpc) is 2.61. The van der Waals surface area contributed by atoms with E-state index in [1.165, 1.54) is 11.1 Å². The molecule has 1 aromatic carbocycles. The maximum atomic E-state index is 5.34. The Morgan fingerprint density at radius 3 is 2.91 bits per heavy atom. The standard InChI is InChI=1S/C17H24N4OS/c23-17(18-8-9-21-10-12-22-13-11-21)20-19-16-7-3-5-14-4-1-2-6-15(14)16/h1-2,4,6H,3,5,7-13H2,(H2,18,20,23). The number of nitrogens with one attached hydrogen (secondary N) is 2. The monoisotopic (exact) mass is 332 g/mol. The number of aryl methyl sites for hydroxylation is 1. The van der Waals surface area contributed by atoms with E-state index in [4.69, 9.17) is 17.0 Å². The molecule has 3 rings (SSSR count). The van der Waals surface area contributed by atoms with Crippen LogP contribution in [0.15, 0.2) is 29.4 Å². The first-order valence-electron chi connectivity index (χ1n) is 8.32. The normalized spacial score (nSPS) is 20.1. The Morgan fingerprint density at radius 2 is 2.04 bits per heavy atom. The number of nitrogens with zero attached hydrogens (tertiary/aromatic N) is 2.